The number of halogens is 1. The number of aromatic nitrogens is 2. The molecule has 7 heteroatoms. The average Bonchev–Trinajstić information content (AvgIpc) is 3.10. The third kappa shape index (κ3) is 6.10. The Bertz CT molecular complexity index is 1290. The quantitative estimate of drug-likeness (QED) is 0.426. The summed E-state index contributed by atoms with van der Waals surface area (Å²) in [6, 6.07) is 13.3. The molecule has 0 saturated heterocycles. The SMILES string of the molecule is O=CC1=CCC=CC(CCNC(=O)c2cccc(Nc3ncc(-c4cccc(F)c4)cn3)c2)=C1.[HH].[HH]. The fraction of sp³-hybridized carbons (Fsp3) is 0.111. The van der Waals surface area contributed by atoms with Crippen molar-refractivity contribution < 1.29 is 16.8 Å². The van der Waals surface area contributed by atoms with Crippen LogP contribution in [-0.4, -0.2) is 28.7 Å². The number of aldehydes is 1. The van der Waals surface area contributed by atoms with E-state index in [2.05, 4.69) is 20.6 Å². The van der Waals surface area contributed by atoms with Gasteiger partial charge in [-0.15, -0.1) is 0 Å². The van der Waals surface area contributed by atoms with E-state index in [1.54, 1.807) is 42.7 Å². The second-order valence-corrected chi connectivity index (χ2v) is 7.70. The van der Waals surface area contributed by atoms with Crippen LogP contribution in [-0.2, 0) is 4.79 Å². The van der Waals surface area contributed by atoms with Gasteiger partial charge in [-0.2, -0.15) is 0 Å². The van der Waals surface area contributed by atoms with E-state index in [9.17, 15) is 14.0 Å². The number of anilines is 2. The Balaban J connectivity index is 0.00000228. The molecule has 0 fully saturated rings. The number of nitrogens with zero attached hydrogens (tertiary/aromatic N) is 2. The predicted octanol–water partition coefficient (Wildman–Crippen LogP) is 5.65. The second-order valence-electron chi connectivity index (χ2n) is 7.70. The van der Waals surface area contributed by atoms with Gasteiger partial charge in [0.1, 0.15) is 12.1 Å². The van der Waals surface area contributed by atoms with Gasteiger partial charge in [-0.05, 0) is 60.4 Å². The van der Waals surface area contributed by atoms with Crippen molar-refractivity contribution in [2.75, 3.05) is 11.9 Å². The van der Waals surface area contributed by atoms with Crippen molar-refractivity contribution in [3.63, 3.8) is 0 Å². The van der Waals surface area contributed by atoms with E-state index < -0.39 is 0 Å². The van der Waals surface area contributed by atoms with E-state index in [0.29, 0.717) is 46.9 Å². The maximum Gasteiger partial charge on any atom is 0.251 e. The predicted molar refractivity (Wildman–Crippen MR) is 134 cm³/mol. The molecule has 1 amide bonds. The highest BCUT2D eigenvalue weighted by molar-refractivity contribution is 5.95. The molecule has 1 aliphatic rings. The molecule has 2 N–H and O–H groups in total. The van der Waals surface area contributed by atoms with Crippen molar-refractivity contribution in [1.82, 2.24) is 15.3 Å². The number of hydrogen-bond donors (Lipinski definition) is 2. The lowest BCUT2D eigenvalue weighted by Crippen LogP contribution is -2.24. The van der Waals surface area contributed by atoms with Gasteiger partial charge in [-0.1, -0.05) is 36.4 Å². The van der Waals surface area contributed by atoms with Gasteiger partial charge < -0.3 is 10.6 Å². The van der Waals surface area contributed by atoms with Gasteiger partial charge in [-0.25, -0.2) is 14.4 Å². The lowest BCUT2D eigenvalue weighted by molar-refractivity contribution is -0.104. The van der Waals surface area contributed by atoms with Gasteiger partial charge in [0.25, 0.3) is 5.91 Å². The van der Waals surface area contributed by atoms with Crippen molar-refractivity contribution in [3.8, 4) is 11.1 Å². The third-order valence-electron chi connectivity index (χ3n) is 5.20. The number of hydrogen-bond acceptors (Lipinski definition) is 5. The number of allylic oxidation sites excluding steroid dienone is 5. The summed E-state index contributed by atoms with van der Waals surface area (Å²) < 4.78 is 13.4. The normalized spacial score (nSPS) is 12.9. The zero-order valence-corrected chi connectivity index (χ0v) is 18.4. The number of nitrogens with one attached hydrogen (secondary N) is 2. The Morgan fingerprint density at radius 1 is 1.09 bits per heavy atom. The summed E-state index contributed by atoms with van der Waals surface area (Å²) in [5, 5.41) is 5.99. The van der Waals surface area contributed by atoms with Crippen LogP contribution in [0.15, 0.2) is 96.4 Å². The minimum Gasteiger partial charge on any atom is -0.352 e. The van der Waals surface area contributed by atoms with Crippen LogP contribution in [0.25, 0.3) is 11.1 Å². The van der Waals surface area contributed by atoms with Crippen LogP contribution < -0.4 is 10.6 Å². The van der Waals surface area contributed by atoms with Crippen molar-refractivity contribution >= 4 is 23.8 Å². The average molecular weight is 459 g/mol. The highest BCUT2D eigenvalue weighted by Crippen LogP contribution is 2.20. The van der Waals surface area contributed by atoms with E-state index >= 15 is 0 Å². The van der Waals surface area contributed by atoms with Gasteiger partial charge in [0, 0.05) is 44.2 Å². The molecule has 0 aliphatic heterocycles. The summed E-state index contributed by atoms with van der Waals surface area (Å²) in [5.41, 5.74) is 4.20. The lowest BCUT2D eigenvalue weighted by Gasteiger charge is -2.09. The molecule has 1 aliphatic carbocycles. The third-order valence-corrected chi connectivity index (χ3v) is 5.20. The molecule has 0 unspecified atom stereocenters. The smallest absolute Gasteiger partial charge is 0.251 e. The van der Waals surface area contributed by atoms with Crippen LogP contribution in [0.4, 0.5) is 16.0 Å². The molecule has 0 radical (unpaired) electrons. The highest BCUT2D eigenvalue weighted by atomic mass is 19.1. The van der Waals surface area contributed by atoms with Gasteiger partial charge >= 0.3 is 0 Å². The molecule has 2 aromatic carbocycles. The van der Waals surface area contributed by atoms with Crippen molar-refractivity contribution in [1.29, 1.82) is 0 Å². The molecule has 174 valence electrons. The monoisotopic (exact) mass is 458 g/mol. The largest absolute Gasteiger partial charge is 0.352 e. The van der Waals surface area contributed by atoms with E-state index in [-0.39, 0.29) is 14.6 Å². The first-order chi connectivity index (χ1) is 16.6. The number of rotatable bonds is 8. The topological polar surface area (TPSA) is 84.0 Å². The maximum atomic E-state index is 13.4. The molecule has 0 atom stereocenters. The summed E-state index contributed by atoms with van der Waals surface area (Å²) in [6.07, 6.45) is 13.1. The van der Waals surface area contributed by atoms with Crippen LogP contribution in [0.3, 0.4) is 0 Å². The molecule has 4 rings (SSSR count). The minimum absolute atomic E-state index is 0. The van der Waals surface area contributed by atoms with Crippen molar-refractivity contribution in [2.24, 2.45) is 0 Å². The Morgan fingerprint density at radius 3 is 2.71 bits per heavy atom. The van der Waals surface area contributed by atoms with E-state index in [4.69, 9.17) is 0 Å². The van der Waals surface area contributed by atoms with Crippen LogP contribution in [0.1, 0.15) is 26.1 Å². The first kappa shape index (κ1) is 22.8. The number of carbonyl (C=O) groups excluding carboxylic acids is 2. The maximum absolute atomic E-state index is 13.4. The fourth-order valence-electron chi connectivity index (χ4n) is 3.48. The second kappa shape index (κ2) is 11.0. The van der Waals surface area contributed by atoms with Crippen LogP contribution >= 0.6 is 0 Å². The van der Waals surface area contributed by atoms with Crippen molar-refractivity contribution in [3.05, 3.63) is 108 Å². The van der Waals surface area contributed by atoms with E-state index in [1.165, 1.54) is 12.1 Å². The Morgan fingerprint density at radius 2 is 1.91 bits per heavy atom. The summed E-state index contributed by atoms with van der Waals surface area (Å²) in [6.45, 7) is 0.448. The highest BCUT2D eigenvalue weighted by Gasteiger charge is 2.08. The standard InChI is InChI=1S/C27H23FN4O2.2H2/c28-24-9-3-7-21(14-24)23-16-30-27(31-17-23)32-25-10-4-8-22(15-25)26(34)29-12-11-19-5-1-2-6-20(13-19)18-33;;/h1,3-10,13-18H,2,11-12H2,(H,29,34)(H,30,31,32);2*1H. The van der Waals surface area contributed by atoms with Gasteiger partial charge in [0.15, 0.2) is 0 Å². The van der Waals surface area contributed by atoms with Gasteiger partial charge in [-0.3, -0.25) is 9.59 Å². The van der Waals surface area contributed by atoms with Crippen LogP contribution in [0, 0.1) is 5.82 Å². The Labute approximate surface area is 199 Å². The molecule has 0 bridgehead atoms. The van der Waals surface area contributed by atoms with Crippen LogP contribution in [0.5, 0.6) is 0 Å². The lowest BCUT2D eigenvalue weighted by atomic mass is 10.1. The first-order valence-corrected chi connectivity index (χ1v) is 10.9. The zero-order valence-electron chi connectivity index (χ0n) is 18.4. The molecular formula is C27H27FN4O2. The number of amides is 1. The van der Waals surface area contributed by atoms with Crippen LogP contribution in [0.2, 0.25) is 0 Å². The summed E-state index contributed by atoms with van der Waals surface area (Å²) in [5.74, 6) is -0.154. The molecule has 1 aromatic heterocycles. The summed E-state index contributed by atoms with van der Waals surface area (Å²) in [7, 11) is 0. The van der Waals surface area contributed by atoms with Gasteiger partial charge in [0.05, 0.1) is 0 Å². The minimum atomic E-state index is -0.320. The molecule has 34 heavy (non-hydrogen) atoms. The van der Waals surface area contributed by atoms with Gasteiger partial charge in [0.2, 0.25) is 5.95 Å². The summed E-state index contributed by atoms with van der Waals surface area (Å²) in [4.78, 5) is 32.2. The molecular weight excluding hydrogens is 431 g/mol. The molecule has 0 saturated carbocycles. The number of carbonyl (C=O) groups is 2. The summed E-state index contributed by atoms with van der Waals surface area (Å²) >= 11 is 0. The molecule has 0 spiro atoms. The molecule has 3 aromatic rings. The Hall–Kier alpha value is -4.39. The first-order valence-electron chi connectivity index (χ1n) is 10.9. The van der Waals surface area contributed by atoms with E-state index in [0.717, 1.165) is 18.3 Å². The van der Waals surface area contributed by atoms with E-state index in [1.807, 2.05) is 30.4 Å². The zero-order chi connectivity index (χ0) is 23.8. The van der Waals surface area contributed by atoms with Crippen molar-refractivity contribution in [2.45, 2.75) is 12.8 Å². The number of benzene rings is 2. The Kier molecular flexibility index (Phi) is 7.35. The fourth-order valence-corrected chi connectivity index (χ4v) is 3.48. The molecule has 1 heterocycles. The molecule has 6 nitrogen and oxygen atoms in total.